The summed E-state index contributed by atoms with van der Waals surface area (Å²) in [5, 5.41) is 8.15. The van der Waals surface area contributed by atoms with Gasteiger partial charge in [0.05, 0.1) is 15.5 Å². The molecular formula is C10H8ClFN2O6S. The van der Waals surface area contributed by atoms with Gasteiger partial charge in [0.1, 0.15) is 18.5 Å². The van der Waals surface area contributed by atoms with Crippen LogP contribution in [-0.2, 0) is 19.7 Å². The number of sulfonamides is 1. The Balaban J connectivity index is 2.40. The number of carbonyl (C=O) groups excluding carboxylic acids is 1. The Hall–Kier alpha value is -1.75. The zero-order valence-corrected chi connectivity index (χ0v) is 11.7. The Morgan fingerprint density at radius 3 is 2.71 bits per heavy atom. The number of carboxylic acids is 1. The van der Waals surface area contributed by atoms with Crippen LogP contribution in [0, 0.1) is 5.82 Å². The second-order valence-electron chi connectivity index (χ2n) is 4.02. The molecule has 0 bridgehead atoms. The van der Waals surface area contributed by atoms with E-state index in [2.05, 4.69) is 4.84 Å². The number of hydroxylamine groups is 1. The molecule has 1 aromatic carbocycles. The Morgan fingerprint density at radius 2 is 2.19 bits per heavy atom. The van der Waals surface area contributed by atoms with E-state index in [1.165, 1.54) is 0 Å². The molecule has 1 heterocycles. The highest BCUT2D eigenvalue weighted by molar-refractivity contribution is 7.89. The van der Waals surface area contributed by atoms with Crippen LogP contribution in [0.2, 0.25) is 5.02 Å². The summed E-state index contributed by atoms with van der Waals surface area (Å²) in [7, 11) is -4.32. The van der Waals surface area contributed by atoms with E-state index in [-0.39, 0.29) is 6.61 Å². The fourth-order valence-corrected chi connectivity index (χ4v) is 2.97. The molecule has 0 spiro atoms. The SMILES string of the molecule is O=C(O)c1cc(S(=O)(=O)N[C@@H]2CONC2=O)cc(F)c1Cl. The molecule has 0 unspecified atom stereocenters. The molecule has 1 saturated heterocycles. The summed E-state index contributed by atoms with van der Waals surface area (Å²) in [6, 6.07) is 0.0660. The minimum absolute atomic E-state index is 0.250. The van der Waals surface area contributed by atoms with Gasteiger partial charge in [-0.2, -0.15) is 4.72 Å². The topological polar surface area (TPSA) is 122 Å². The van der Waals surface area contributed by atoms with E-state index >= 15 is 0 Å². The lowest BCUT2D eigenvalue weighted by Gasteiger charge is -2.11. The maximum Gasteiger partial charge on any atom is 0.337 e. The van der Waals surface area contributed by atoms with Gasteiger partial charge in [0.2, 0.25) is 10.0 Å². The van der Waals surface area contributed by atoms with E-state index in [4.69, 9.17) is 16.7 Å². The van der Waals surface area contributed by atoms with Gasteiger partial charge in [-0.3, -0.25) is 9.63 Å². The molecule has 1 amide bonds. The summed E-state index contributed by atoms with van der Waals surface area (Å²) in [6.45, 7) is -0.250. The lowest BCUT2D eigenvalue weighted by atomic mass is 10.2. The van der Waals surface area contributed by atoms with Crippen LogP contribution in [0.5, 0.6) is 0 Å². The smallest absolute Gasteiger partial charge is 0.337 e. The van der Waals surface area contributed by atoms with Crippen LogP contribution in [-0.4, -0.2) is 38.0 Å². The van der Waals surface area contributed by atoms with Crippen LogP contribution in [0.1, 0.15) is 10.4 Å². The molecule has 1 aliphatic rings. The number of hydrogen-bond donors (Lipinski definition) is 3. The van der Waals surface area contributed by atoms with Crippen molar-refractivity contribution in [2.45, 2.75) is 10.9 Å². The molecule has 1 aliphatic heterocycles. The van der Waals surface area contributed by atoms with E-state index in [0.29, 0.717) is 12.1 Å². The lowest BCUT2D eigenvalue weighted by Crippen LogP contribution is -2.41. The summed E-state index contributed by atoms with van der Waals surface area (Å²) in [5.41, 5.74) is 1.23. The number of carboxylic acid groups (broad SMARTS) is 1. The Kier molecular flexibility index (Phi) is 4.14. The van der Waals surface area contributed by atoms with Gasteiger partial charge in [0.15, 0.2) is 0 Å². The quantitative estimate of drug-likeness (QED) is 0.704. The molecule has 1 aromatic rings. The van der Waals surface area contributed by atoms with E-state index in [1.54, 1.807) is 0 Å². The fraction of sp³-hybridized carbons (Fsp3) is 0.200. The molecule has 11 heteroatoms. The van der Waals surface area contributed by atoms with Crippen molar-refractivity contribution in [2.75, 3.05) is 6.61 Å². The molecule has 0 radical (unpaired) electrons. The van der Waals surface area contributed by atoms with Crippen LogP contribution >= 0.6 is 11.6 Å². The van der Waals surface area contributed by atoms with Crippen LogP contribution in [0.15, 0.2) is 17.0 Å². The first-order chi connectivity index (χ1) is 9.72. The van der Waals surface area contributed by atoms with Gasteiger partial charge >= 0.3 is 5.97 Å². The number of benzene rings is 1. The van der Waals surface area contributed by atoms with Gasteiger partial charge in [-0.15, -0.1) is 0 Å². The highest BCUT2D eigenvalue weighted by Gasteiger charge is 2.31. The highest BCUT2D eigenvalue weighted by atomic mass is 35.5. The van der Waals surface area contributed by atoms with E-state index in [1.807, 2.05) is 10.2 Å². The minimum atomic E-state index is -4.32. The lowest BCUT2D eigenvalue weighted by molar-refractivity contribution is -0.124. The Bertz CT molecular complexity index is 723. The Labute approximate surface area is 122 Å². The molecular weight excluding hydrogens is 331 g/mol. The predicted molar refractivity (Wildman–Crippen MR) is 66.6 cm³/mol. The zero-order chi connectivity index (χ0) is 15.8. The first-order valence-corrected chi connectivity index (χ1v) is 7.25. The standard InChI is InChI=1S/C10H8ClFN2O6S/c11-8-5(10(16)17)1-4(2-6(8)12)21(18,19)14-7-3-20-13-9(7)15/h1-2,7,14H,3H2,(H,13,15)(H,16,17)/t7-/m1/s1. The fourth-order valence-electron chi connectivity index (χ4n) is 1.56. The maximum atomic E-state index is 13.5. The van der Waals surface area contributed by atoms with Crippen molar-refractivity contribution in [3.63, 3.8) is 0 Å². The molecule has 0 aromatic heterocycles. The summed E-state index contributed by atoms with van der Waals surface area (Å²) < 4.78 is 39.5. The first-order valence-electron chi connectivity index (χ1n) is 5.38. The predicted octanol–water partition coefficient (Wildman–Crippen LogP) is -0.114. The largest absolute Gasteiger partial charge is 0.478 e. The van der Waals surface area contributed by atoms with Crippen LogP contribution < -0.4 is 10.2 Å². The van der Waals surface area contributed by atoms with Gasteiger partial charge < -0.3 is 5.11 Å². The molecule has 0 aliphatic carbocycles. The number of amides is 1. The summed E-state index contributed by atoms with van der Waals surface area (Å²) in [5.74, 6) is -3.51. The second-order valence-corrected chi connectivity index (χ2v) is 6.11. The zero-order valence-electron chi connectivity index (χ0n) is 10.1. The van der Waals surface area contributed by atoms with E-state index in [0.717, 1.165) is 0 Å². The van der Waals surface area contributed by atoms with Crippen molar-refractivity contribution < 1.29 is 32.3 Å². The molecule has 1 atom stereocenters. The average molecular weight is 339 g/mol. The summed E-state index contributed by atoms with van der Waals surface area (Å²) in [6.07, 6.45) is 0. The number of aromatic carboxylic acids is 1. The van der Waals surface area contributed by atoms with Crippen molar-refractivity contribution >= 4 is 33.5 Å². The maximum absolute atomic E-state index is 13.5. The molecule has 21 heavy (non-hydrogen) atoms. The molecule has 114 valence electrons. The highest BCUT2D eigenvalue weighted by Crippen LogP contribution is 2.24. The second kappa shape index (κ2) is 5.56. The van der Waals surface area contributed by atoms with Gasteiger partial charge in [-0.25, -0.2) is 23.1 Å². The van der Waals surface area contributed by atoms with Crippen molar-refractivity contribution in [3.05, 3.63) is 28.5 Å². The third-order valence-electron chi connectivity index (χ3n) is 2.58. The molecule has 0 saturated carbocycles. The van der Waals surface area contributed by atoms with Crippen LogP contribution in [0.25, 0.3) is 0 Å². The number of rotatable bonds is 4. The number of nitrogens with one attached hydrogen (secondary N) is 2. The van der Waals surface area contributed by atoms with Gasteiger partial charge in [0.25, 0.3) is 5.91 Å². The van der Waals surface area contributed by atoms with Gasteiger partial charge in [-0.1, -0.05) is 11.6 Å². The number of halogens is 2. The average Bonchev–Trinajstić information content (AvgIpc) is 2.77. The summed E-state index contributed by atoms with van der Waals surface area (Å²) in [4.78, 5) is 26.0. The monoisotopic (exact) mass is 338 g/mol. The number of hydrogen-bond acceptors (Lipinski definition) is 5. The number of carbonyl (C=O) groups is 2. The van der Waals surface area contributed by atoms with Crippen LogP contribution in [0.4, 0.5) is 4.39 Å². The van der Waals surface area contributed by atoms with Crippen LogP contribution in [0.3, 0.4) is 0 Å². The third kappa shape index (κ3) is 3.13. The molecule has 2 rings (SSSR count). The normalized spacial score (nSPS) is 18.6. The van der Waals surface area contributed by atoms with Crippen molar-refractivity contribution in [2.24, 2.45) is 0 Å². The van der Waals surface area contributed by atoms with Crippen molar-refractivity contribution in [1.29, 1.82) is 0 Å². The Morgan fingerprint density at radius 1 is 1.52 bits per heavy atom. The van der Waals surface area contributed by atoms with E-state index in [9.17, 15) is 22.4 Å². The molecule has 8 nitrogen and oxygen atoms in total. The van der Waals surface area contributed by atoms with Gasteiger partial charge in [0, 0.05) is 0 Å². The molecule has 3 N–H and O–H groups in total. The summed E-state index contributed by atoms with van der Waals surface area (Å²) >= 11 is 5.45. The molecule has 1 fully saturated rings. The third-order valence-corrected chi connectivity index (χ3v) is 4.41. The first kappa shape index (κ1) is 15.6. The van der Waals surface area contributed by atoms with Crippen molar-refractivity contribution in [3.8, 4) is 0 Å². The van der Waals surface area contributed by atoms with E-state index < -0.39 is 49.2 Å². The minimum Gasteiger partial charge on any atom is -0.478 e. The van der Waals surface area contributed by atoms with Crippen molar-refractivity contribution in [1.82, 2.24) is 10.2 Å². The van der Waals surface area contributed by atoms with Gasteiger partial charge in [-0.05, 0) is 12.1 Å².